The van der Waals surface area contributed by atoms with E-state index in [0.717, 1.165) is 4.57 Å². The maximum Gasteiger partial charge on any atom is 0.264 e. The number of nitrogens with zero attached hydrogens (tertiary/aromatic N) is 1. The van der Waals surface area contributed by atoms with Crippen molar-refractivity contribution < 1.29 is 22.9 Å². The quantitative estimate of drug-likeness (QED) is 0.397. The number of hydrogen-bond acceptors (Lipinski definition) is 7. The smallest absolute Gasteiger partial charge is 0.264 e. The predicted molar refractivity (Wildman–Crippen MR) is 106 cm³/mol. The summed E-state index contributed by atoms with van der Waals surface area (Å²) in [4.78, 5) is 37.8. The van der Waals surface area contributed by atoms with Gasteiger partial charge in [-0.1, -0.05) is 0 Å². The summed E-state index contributed by atoms with van der Waals surface area (Å²) in [6.07, 6.45) is -0.171. The summed E-state index contributed by atoms with van der Waals surface area (Å²) in [6.45, 7) is 2.39. The predicted octanol–water partition coefficient (Wildman–Crippen LogP) is 0.269. The molecule has 3 rings (SSSR count). The number of aliphatic hydroxyl groups is 1. The number of nitrogens with one attached hydrogen (secondary N) is 1. The lowest BCUT2D eigenvalue weighted by atomic mass is 9.91. The Labute approximate surface area is 164 Å². The highest BCUT2D eigenvalue weighted by atomic mass is 32.2. The van der Waals surface area contributed by atoms with E-state index in [1.165, 1.54) is 32.0 Å². The summed E-state index contributed by atoms with van der Waals surface area (Å²) in [5, 5.41) is 18.5. The zero-order chi connectivity index (χ0) is 21.7. The molecule has 0 saturated heterocycles. The average Bonchev–Trinajstić information content (AvgIpc) is 2.61. The van der Waals surface area contributed by atoms with E-state index < -0.39 is 27.0 Å². The van der Waals surface area contributed by atoms with Crippen molar-refractivity contribution in [3.8, 4) is 11.1 Å². The first kappa shape index (κ1) is 20.6. The lowest BCUT2D eigenvalue weighted by Crippen LogP contribution is -2.38. The molecule has 9 nitrogen and oxygen atoms in total. The minimum atomic E-state index is -4.26. The number of carbonyl (C=O) groups is 1. The van der Waals surface area contributed by atoms with Crippen molar-refractivity contribution >= 4 is 32.4 Å². The molecule has 10 heteroatoms. The molecule has 1 heterocycles. The second kappa shape index (κ2) is 7.05. The highest BCUT2D eigenvalue weighted by Crippen LogP contribution is 2.26. The molecule has 2 aliphatic rings. The molecular weight excluding hydrogens is 400 g/mol. The van der Waals surface area contributed by atoms with Crippen molar-refractivity contribution in [3.63, 3.8) is 0 Å². The SMILES string of the molecule is CC(=O)c1cc2c3c(c1)c(=O)n(CCCS(=O)(=O)O)c(=O)c-3c/c(=C(\C)O)c2=N. The van der Waals surface area contributed by atoms with Crippen LogP contribution in [0.3, 0.4) is 0 Å². The number of aliphatic hydroxyl groups excluding tert-OH is 1. The Bertz CT molecular complexity index is 1450. The summed E-state index contributed by atoms with van der Waals surface area (Å²) in [7, 11) is -4.26. The monoisotopic (exact) mass is 418 g/mol. The number of hydrogen-bond donors (Lipinski definition) is 3. The molecule has 0 saturated carbocycles. The lowest BCUT2D eigenvalue weighted by molar-refractivity contribution is 0.101. The summed E-state index contributed by atoms with van der Waals surface area (Å²) < 4.78 is 31.6. The van der Waals surface area contributed by atoms with E-state index in [9.17, 15) is 27.9 Å². The third kappa shape index (κ3) is 3.64. The van der Waals surface area contributed by atoms with Crippen LogP contribution < -0.4 is 21.7 Å². The van der Waals surface area contributed by atoms with E-state index in [2.05, 4.69) is 0 Å². The molecule has 0 spiro atoms. The number of ketones is 1. The Balaban J connectivity index is 2.47. The fourth-order valence-electron chi connectivity index (χ4n) is 3.38. The van der Waals surface area contributed by atoms with Crippen LogP contribution in [0.1, 0.15) is 30.6 Å². The largest absolute Gasteiger partial charge is 0.512 e. The fraction of sp³-hybridized carbons (Fsp3) is 0.263. The number of rotatable bonds is 5. The van der Waals surface area contributed by atoms with Crippen molar-refractivity contribution in [3.05, 3.63) is 55.0 Å². The number of aromatic nitrogens is 1. The van der Waals surface area contributed by atoms with Crippen molar-refractivity contribution in [2.24, 2.45) is 0 Å². The van der Waals surface area contributed by atoms with Crippen LogP contribution in [-0.2, 0) is 16.7 Å². The lowest BCUT2D eigenvalue weighted by Gasteiger charge is -2.16. The van der Waals surface area contributed by atoms with Crippen LogP contribution in [-0.4, -0.2) is 34.2 Å². The van der Waals surface area contributed by atoms with Gasteiger partial charge in [0.2, 0.25) is 0 Å². The van der Waals surface area contributed by atoms with E-state index in [4.69, 9.17) is 9.96 Å². The molecule has 1 aliphatic heterocycles. The molecule has 0 bridgehead atoms. The van der Waals surface area contributed by atoms with Gasteiger partial charge in [0.05, 0.1) is 16.9 Å². The number of carbonyl (C=O) groups excluding carboxylic acids is 1. The van der Waals surface area contributed by atoms with Crippen LogP contribution in [0, 0.1) is 5.41 Å². The number of pyridine rings is 1. The van der Waals surface area contributed by atoms with Gasteiger partial charge in [-0.15, -0.1) is 0 Å². The van der Waals surface area contributed by atoms with Gasteiger partial charge in [-0.25, -0.2) is 0 Å². The van der Waals surface area contributed by atoms with Crippen LogP contribution in [0.2, 0.25) is 0 Å². The number of benzene rings is 2. The Kier molecular flexibility index (Phi) is 5.01. The first-order valence-corrected chi connectivity index (χ1v) is 10.2. The maximum absolute atomic E-state index is 12.9. The molecule has 0 fully saturated rings. The normalized spacial score (nSPS) is 13.2. The van der Waals surface area contributed by atoms with Crippen LogP contribution in [0.4, 0.5) is 0 Å². The van der Waals surface area contributed by atoms with Gasteiger partial charge >= 0.3 is 0 Å². The van der Waals surface area contributed by atoms with Gasteiger partial charge in [0.1, 0.15) is 0 Å². The average molecular weight is 418 g/mol. The molecule has 152 valence electrons. The molecule has 29 heavy (non-hydrogen) atoms. The zero-order valence-corrected chi connectivity index (χ0v) is 16.5. The van der Waals surface area contributed by atoms with Crippen molar-refractivity contribution in [2.75, 3.05) is 5.75 Å². The Morgan fingerprint density at radius 2 is 1.72 bits per heavy atom. The van der Waals surface area contributed by atoms with Gasteiger partial charge in [-0.05, 0) is 38.5 Å². The molecular formula is C19H18N2O7S. The molecule has 0 aromatic heterocycles. The maximum atomic E-state index is 12.9. The summed E-state index contributed by atoms with van der Waals surface area (Å²) in [5.74, 6) is -1.17. The van der Waals surface area contributed by atoms with Crippen LogP contribution in [0.15, 0.2) is 27.8 Å². The zero-order valence-electron chi connectivity index (χ0n) is 15.6. The fourth-order valence-corrected chi connectivity index (χ4v) is 3.87. The van der Waals surface area contributed by atoms with Gasteiger partial charge in [0, 0.05) is 39.2 Å². The third-order valence-electron chi connectivity index (χ3n) is 4.77. The van der Waals surface area contributed by atoms with E-state index in [1.54, 1.807) is 0 Å². The first-order chi connectivity index (χ1) is 13.4. The molecule has 0 amide bonds. The van der Waals surface area contributed by atoms with Gasteiger partial charge < -0.3 is 5.11 Å². The highest BCUT2D eigenvalue weighted by molar-refractivity contribution is 7.85. The molecule has 1 aromatic rings. The van der Waals surface area contributed by atoms with E-state index >= 15 is 0 Å². The van der Waals surface area contributed by atoms with E-state index in [1.807, 2.05) is 0 Å². The third-order valence-corrected chi connectivity index (χ3v) is 5.57. The van der Waals surface area contributed by atoms with Crippen molar-refractivity contribution in [2.45, 2.75) is 26.8 Å². The molecule has 1 aromatic carbocycles. The second-order valence-corrected chi connectivity index (χ2v) is 8.41. The van der Waals surface area contributed by atoms with E-state index in [-0.39, 0.29) is 62.5 Å². The second-order valence-electron chi connectivity index (χ2n) is 6.84. The van der Waals surface area contributed by atoms with Gasteiger partial charge in [-0.3, -0.25) is 28.9 Å². The summed E-state index contributed by atoms with van der Waals surface area (Å²) >= 11 is 0. The molecule has 3 N–H and O–H groups in total. The van der Waals surface area contributed by atoms with Crippen LogP contribution in [0.25, 0.3) is 27.7 Å². The first-order valence-electron chi connectivity index (χ1n) is 8.64. The Morgan fingerprint density at radius 1 is 1.10 bits per heavy atom. The minimum Gasteiger partial charge on any atom is -0.512 e. The summed E-state index contributed by atoms with van der Waals surface area (Å²) in [6, 6.07) is 4.06. The molecule has 1 aliphatic carbocycles. The Morgan fingerprint density at radius 3 is 2.28 bits per heavy atom. The molecule has 0 unspecified atom stereocenters. The van der Waals surface area contributed by atoms with Crippen LogP contribution >= 0.6 is 0 Å². The molecule has 0 atom stereocenters. The standard InChI is InChI=1S/C19H18N2O7S/c1-9(22)11-6-13-16-14(7-11)18(24)21(4-3-5-29(26,27)28)19(25)15(16)8-12(10(2)23)17(13)20/h6-8,20,23H,3-5H2,1-2H3,(H,26,27,28)/b12-10-,20-17?. The summed E-state index contributed by atoms with van der Waals surface area (Å²) in [5.41, 5.74) is -0.981. The topological polar surface area (TPSA) is 155 Å². The van der Waals surface area contributed by atoms with Crippen molar-refractivity contribution in [1.82, 2.24) is 4.57 Å². The Hall–Kier alpha value is -3.11. The highest BCUT2D eigenvalue weighted by Gasteiger charge is 2.22. The minimum absolute atomic E-state index is 0.0461. The van der Waals surface area contributed by atoms with Crippen molar-refractivity contribution in [1.29, 1.82) is 5.41 Å². The van der Waals surface area contributed by atoms with Gasteiger partial charge in [0.25, 0.3) is 21.2 Å². The van der Waals surface area contributed by atoms with Gasteiger partial charge in [-0.2, -0.15) is 8.42 Å². The number of Topliss-reactive ketones (excluding diaryl/α,β-unsaturated/α-hetero) is 1. The molecule has 0 radical (unpaired) electrons. The van der Waals surface area contributed by atoms with E-state index in [0.29, 0.717) is 0 Å². The van der Waals surface area contributed by atoms with Crippen LogP contribution in [0.5, 0.6) is 0 Å². The van der Waals surface area contributed by atoms with Gasteiger partial charge in [0.15, 0.2) is 5.78 Å².